The van der Waals surface area contributed by atoms with E-state index in [0.717, 1.165) is 25.9 Å². The summed E-state index contributed by atoms with van der Waals surface area (Å²) in [5, 5.41) is 6.37. The molecule has 1 aliphatic rings. The third kappa shape index (κ3) is 4.62. The lowest BCUT2D eigenvalue weighted by atomic mass is 10.1. The van der Waals surface area contributed by atoms with E-state index in [4.69, 9.17) is 0 Å². The average Bonchev–Trinajstić information content (AvgIpc) is 2.18. The third-order valence-corrected chi connectivity index (χ3v) is 2.98. The fourth-order valence-electron chi connectivity index (χ4n) is 1.65. The van der Waals surface area contributed by atoms with E-state index in [1.165, 1.54) is 0 Å². The number of piperidine rings is 1. The molecule has 0 aromatic rings. The van der Waals surface area contributed by atoms with Gasteiger partial charge in [-0.05, 0) is 46.8 Å². The normalized spacial score (nSPS) is 18.5. The van der Waals surface area contributed by atoms with E-state index in [9.17, 15) is 4.79 Å². The molecule has 1 aliphatic heterocycles. The zero-order valence-electron chi connectivity index (χ0n) is 10.0. The minimum atomic E-state index is 0.151. The second kappa shape index (κ2) is 6.08. The first-order chi connectivity index (χ1) is 7.09. The largest absolute Gasteiger partial charge is 0.352 e. The van der Waals surface area contributed by atoms with E-state index < -0.39 is 0 Å². The highest BCUT2D eigenvalue weighted by Crippen LogP contribution is 2.02. The van der Waals surface area contributed by atoms with Gasteiger partial charge in [0.25, 0.3) is 0 Å². The molecule has 1 amide bonds. The van der Waals surface area contributed by atoms with Crippen LogP contribution in [0.15, 0.2) is 0 Å². The van der Waals surface area contributed by atoms with Gasteiger partial charge < -0.3 is 10.6 Å². The van der Waals surface area contributed by atoms with E-state index >= 15 is 0 Å². The Hall–Kier alpha value is -0.610. The van der Waals surface area contributed by atoms with Crippen molar-refractivity contribution in [3.63, 3.8) is 0 Å². The maximum atomic E-state index is 11.7. The smallest absolute Gasteiger partial charge is 0.234 e. The summed E-state index contributed by atoms with van der Waals surface area (Å²) in [5.41, 5.74) is 0. The van der Waals surface area contributed by atoms with Crippen molar-refractivity contribution in [1.29, 1.82) is 0 Å². The minimum absolute atomic E-state index is 0.151. The molecule has 4 nitrogen and oxygen atoms in total. The Bertz CT molecular complexity index is 200. The zero-order valence-corrected chi connectivity index (χ0v) is 10.0. The van der Waals surface area contributed by atoms with Crippen LogP contribution < -0.4 is 10.6 Å². The van der Waals surface area contributed by atoms with Gasteiger partial charge in [-0.2, -0.15) is 0 Å². The fraction of sp³-hybridized carbons (Fsp3) is 0.909. The molecule has 0 spiro atoms. The molecule has 1 fully saturated rings. The lowest BCUT2D eigenvalue weighted by Crippen LogP contribution is -2.46. The Labute approximate surface area is 92.4 Å². The molecule has 0 atom stereocenters. The quantitative estimate of drug-likeness (QED) is 0.701. The molecule has 0 radical (unpaired) electrons. The standard InChI is InChI=1S/C11H23N3O/c1-9(2)14(3)8-11(15)13-10-4-6-12-7-5-10/h9-10,12H,4-8H2,1-3H3,(H,13,15). The van der Waals surface area contributed by atoms with Gasteiger partial charge in [0.1, 0.15) is 0 Å². The summed E-state index contributed by atoms with van der Waals surface area (Å²) in [6.45, 7) is 6.73. The van der Waals surface area contributed by atoms with Crippen LogP contribution in [0.4, 0.5) is 0 Å². The maximum absolute atomic E-state index is 11.7. The zero-order chi connectivity index (χ0) is 11.3. The van der Waals surface area contributed by atoms with Crippen molar-refractivity contribution in [2.24, 2.45) is 0 Å². The molecule has 1 heterocycles. The molecule has 15 heavy (non-hydrogen) atoms. The molecular weight excluding hydrogens is 190 g/mol. The Morgan fingerprint density at radius 3 is 2.60 bits per heavy atom. The second-order valence-electron chi connectivity index (χ2n) is 4.60. The molecule has 2 N–H and O–H groups in total. The second-order valence-corrected chi connectivity index (χ2v) is 4.60. The Morgan fingerprint density at radius 2 is 2.07 bits per heavy atom. The molecule has 0 bridgehead atoms. The van der Waals surface area contributed by atoms with E-state index in [0.29, 0.717) is 18.6 Å². The highest BCUT2D eigenvalue weighted by atomic mass is 16.2. The van der Waals surface area contributed by atoms with Crippen LogP contribution in [0.25, 0.3) is 0 Å². The van der Waals surface area contributed by atoms with Crippen LogP contribution in [0.1, 0.15) is 26.7 Å². The predicted octanol–water partition coefficient (Wildman–Crippen LogP) is 0.195. The number of likely N-dealkylation sites (N-methyl/N-ethyl adjacent to an activating group) is 1. The summed E-state index contributed by atoms with van der Waals surface area (Å²) in [6, 6.07) is 0.795. The predicted molar refractivity (Wildman–Crippen MR) is 61.8 cm³/mol. The topological polar surface area (TPSA) is 44.4 Å². The van der Waals surface area contributed by atoms with Gasteiger partial charge in [0.2, 0.25) is 5.91 Å². The number of nitrogens with one attached hydrogen (secondary N) is 2. The highest BCUT2D eigenvalue weighted by Gasteiger charge is 2.16. The maximum Gasteiger partial charge on any atom is 0.234 e. The lowest BCUT2D eigenvalue weighted by molar-refractivity contribution is -0.123. The van der Waals surface area contributed by atoms with Gasteiger partial charge in [-0.15, -0.1) is 0 Å². The van der Waals surface area contributed by atoms with Crippen molar-refractivity contribution >= 4 is 5.91 Å². The highest BCUT2D eigenvalue weighted by molar-refractivity contribution is 5.78. The number of carbonyl (C=O) groups excluding carboxylic acids is 1. The van der Waals surface area contributed by atoms with Crippen LogP contribution in [0, 0.1) is 0 Å². The Kier molecular flexibility index (Phi) is 5.05. The van der Waals surface area contributed by atoms with Crippen molar-refractivity contribution in [1.82, 2.24) is 15.5 Å². The van der Waals surface area contributed by atoms with Crippen molar-refractivity contribution in [3.8, 4) is 0 Å². The monoisotopic (exact) mass is 213 g/mol. The number of hydrogen-bond acceptors (Lipinski definition) is 3. The number of carbonyl (C=O) groups is 1. The van der Waals surface area contributed by atoms with Crippen LogP contribution in [-0.4, -0.2) is 49.6 Å². The minimum Gasteiger partial charge on any atom is -0.352 e. The molecule has 0 aromatic carbocycles. The average molecular weight is 213 g/mol. The summed E-state index contributed by atoms with van der Waals surface area (Å²) in [4.78, 5) is 13.7. The number of nitrogens with zero attached hydrogens (tertiary/aromatic N) is 1. The summed E-state index contributed by atoms with van der Waals surface area (Å²) in [6.07, 6.45) is 2.11. The van der Waals surface area contributed by atoms with Gasteiger partial charge in [-0.3, -0.25) is 9.69 Å². The molecule has 1 saturated heterocycles. The first-order valence-electron chi connectivity index (χ1n) is 5.80. The third-order valence-electron chi connectivity index (χ3n) is 2.98. The van der Waals surface area contributed by atoms with Crippen LogP contribution in [0.3, 0.4) is 0 Å². The number of amides is 1. The Balaban J connectivity index is 2.22. The molecule has 0 aromatic heterocycles. The summed E-state index contributed by atoms with van der Waals surface area (Å²) in [7, 11) is 1.98. The van der Waals surface area contributed by atoms with Gasteiger partial charge in [-0.1, -0.05) is 0 Å². The molecular formula is C11H23N3O. The lowest BCUT2D eigenvalue weighted by Gasteiger charge is -2.26. The van der Waals surface area contributed by atoms with Crippen LogP contribution >= 0.6 is 0 Å². The fourth-order valence-corrected chi connectivity index (χ4v) is 1.65. The molecule has 1 rings (SSSR count). The van der Waals surface area contributed by atoms with E-state index in [2.05, 4.69) is 29.4 Å². The first-order valence-corrected chi connectivity index (χ1v) is 5.80. The molecule has 4 heteroatoms. The SMILES string of the molecule is CC(C)N(C)CC(=O)NC1CCNCC1. The van der Waals surface area contributed by atoms with Gasteiger partial charge >= 0.3 is 0 Å². The van der Waals surface area contributed by atoms with Crippen LogP contribution in [0.5, 0.6) is 0 Å². The summed E-state index contributed by atoms with van der Waals surface area (Å²) >= 11 is 0. The van der Waals surface area contributed by atoms with Crippen molar-refractivity contribution in [2.75, 3.05) is 26.7 Å². The van der Waals surface area contributed by atoms with Crippen molar-refractivity contribution < 1.29 is 4.79 Å². The summed E-state index contributed by atoms with van der Waals surface area (Å²) < 4.78 is 0. The first kappa shape index (κ1) is 12.5. The van der Waals surface area contributed by atoms with Gasteiger partial charge in [0, 0.05) is 12.1 Å². The van der Waals surface area contributed by atoms with E-state index in [1.807, 2.05) is 7.05 Å². The van der Waals surface area contributed by atoms with Crippen LogP contribution in [-0.2, 0) is 4.79 Å². The van der Waals surface area contributed by atoms with Crippen molar-refractivity contribution in [2.45, 2.75) is 38.8 Å². The number of rotatable bonds is 4. The van der Waals surface area contributed by atoms with Gasteiger partial charge in [-0.25, -0.2) is 0 Å². The van der Waals surface area contributed by atoms with E-state index in [1.54, 1.807) is 0 Å². The van der Waals surface area contributed by atoms with E-state index in [-0.39, 0.29) is 5.91 Å². The summed E-state index contributed by atoms with van der Waals surface area (Å²) in [5.74, 6) is 0.151. The van der Waals surface area contributed by atoms with Gasteiger partial charge in [0.05, 0.1) is 6.54 Å². The Morgan fingerprint density at radius 1 is 1.47 bits per heavy atom. The van der Waals surface area contributed by atoms with Crippen LogP contribution in [0.2, 0.25) is 0 Å². The molecule has 88 valence electrons. The molecule has 0 unspecified atom stereocenters. The molecule has 0 saturated carbocycles. The molecule has 0 aliphatic carbocycles. The van der Waals surface area contributed by atoms with Crippen molar-refractivity contribution in [3.05, 3.63) is 0 Å². The number of hydrogen-bond donors (Lipinski definition) is 2. The van der Waals surface area contributed by atoms with Gasteiger partial charge in [0.15, 0.2) is 0 Å².